The molecule has 0 saturated carbocycles. The molecule has 7 heteroatoms. The highest BCUT2D eigenvalue weighted by Gasteiger charge is 2.00. The molecule has 7 nitrogen and oxygen atoms in total. The normalized spacial score (nSPS) is 9.94. The number of carbonyl (C=O) groups excluding carboxylic acids is 1. The van der Waals surface area contributed by atoms with Crippen molar-refractivity contribution in [3.05, 3.63) is 0 Å². The highest BCUT2D eigenvalue weighted by atomic mass is 16.5. The number of rotatable bonds is 10. The molecule has 2 amide bonds. The van der Waals surface area contributed by atoms with Crippen LogP contribution in [0, 0.1) is 0 Å². The Morgan fingerprint density at radius 1 is 1.12 bits per heavy atom. The van der Waals surface area contributed by atoms with Crippen molar-refractivity contribution in [1.29, 1.82) is 0 Å². The third kappa shape index (κ3) is 12.6. The second-order valence-corrected chi connectivity index (χ2v) is 3.29. The Hall–Kier alpha value is -1.34. The van der Waals surface area contributed by atoms with E-state index < -0.39 is 5.97 Å². The Morgan fingerprint density at radius 3 is 2.47 bits per heavy atom. The fourth-order valence-electron chi connectivity index (χ4n) is 0.966. The summed E-state index contributed by atoms with van der Waals surface area (Å²) in [7, 11) is 1.60. The summed E-state index contributed by atoms with van der Waals surface area (Å²) in [4.78, 5) is 21.3. The summed E-state index contributed by atoms with van der Waals surface area (Å²) in [5.41, 5.74) is 0. The van der Waals surface area contributed by atoms with Crippen LogP contribution in [0.2, 0.25) is 0 Å². The lowest BCUT2D eigenvalue weighted by atomic mass is 10.4. The lowest BCUT2D eigenvalue weighted by Gasteiger charge is -2.07. The van der Waals surface area contributed by atoms with Gasteiger partial charge in [0.25, 0.3) is 0 Å². The molecule has 0 bridgehead atoms. The summed E-state index contributed by atoms with van der Waals surface area (Å²) < 4.78 is 9.99. The Bertz CT molecular complexity index is 223. The first-order valence-corrected chi connectivity index (χ1v) is 5.47. The molecule has 0 radical (unpaired) electrons. The maximum absolute atomic E-state index is 11.1. The van der Waals surface area contributed by atoms with Crippen molar-refractivity contribution in [2.45, 2.75) is 12.8 Å². The number of nitrogens with one attached hydrogen (secondary N) is 2. The number of methoxy groups -OCH3 is 1. The molecule has 100 valence electrons. The van der Waals surface area contributed by atoms with Gasteiger partial charge in [-0.25, -0.2) is 4.79 Å². The third-order valence-electron chi connectivity index (χ3n) is 1.81. The summed E-state index contributed by atoms with van der Waals surface area (Å²) >= 11 is 0. The van der Waals surface area contributed by atoms with E-state index in [0.717, 1.165) is 0 Å². The van der Waals surface area contributed by atoms with Gasteiger partial charge in [-0.3, -0.25) is 4.79 Å². The Kier molecular flexibility index (Phi) is 10.3. The maximum Gasteiger partial charge on any atom is 0.314 e. The van der Waals surface area contributed by atoms with Crippen molar-refractivity contribution in [2.75, 3.05) is 40.0 Å². The van der Waals surface area contributed by atoms with Crippen LogP contribution in [0.15, 0.2) is 0 Å². The molecule has 0 heterocycles. The smallest absolute Gasteiger partial charge is 0.314 e. The monoisotopic (exact) mass is 248 g/mol. The average molecular weight is 248 g/mol. The summed E-state index contributed by atoms with van der Waals surface area (Å²) in [5.74, 6) is -0.933. The number of ether oxygens (including phenoxy) is 2. The lowest BCUT2D eigenvalue weighted by Crippen LogP contribution is -2.37. The lowest BCUT2D eigenvalue weighted by molar-refractivity contribution is -0.136. The number of urea groups is 1. The van der Waals surface area contributed by atoms with Crippen molar-refractivity contribution in [1.82, 2.24) is 10.6 Å². The second-order valence-electron chi connectivity index (χ2n) is 3.29. The fourth-order valence-corrected chi connectivity index (χ4v) is 0.966. The molecule has 0 aliphatic heterocycles. The number of hydrogen-bond acceptors (Lipinski definition) is 4. The predicted octanol–water partition coefficient (Wildman–Crippen LogP) is -0.187. The molecule has 0 unspecified atom stereocenters. The predicted molar refractivity (Wildman–Crippen MR) is 61.0 cm³/mol. The van der Waals surface area contributed by atoms with Gasteiger partial charge in [0.05, 0.1) is 19.6 Å². The quantitative estimate of drug-likeness (QED) is 0.466. The van der Waals surface area contributed by atoms with Crippen LogP contribution in [-0.4, -0.2) is 57.1 Å². The van der Waals surface area contributed by atoms with Gasteiger partial charge < -0.3 is 25.2 Å². The Balaban J connectivity index is 3.19. The van der Waals surface area contributed by atoms with Crippen LogP contribution < -0.4 is 10.6 Å². The topological polar surface area (TPSA) is 96.9 Å². The number of aliphatic carboxylic acids is 1. The summed E-state index contributed by atoms with van der Waals surface area (Å²) in [6.07, 6.45) is 0.629. The van der Waals surface area contributed by atoms with Gasteiger partial charge in [0, 0.05) is 26.8 Å². The Labute approximate surface area is 100 Å². The third-order valence-corrected chi connectivity index (χ3v) is 1.81. The fraction of sp³-hybridized carbons (Fsp3) is 0.800. The van der Waals surface area contributed by atoms with Crippen LogP contribution in [0.1, 0.15) is 12.8 Å². The van der Waals surface area contributed by atoms with E-state index in [1.165, 1.54) is 0 Å². The highest BCUT2D eigenvalue weighted by molar-refractivity contribution is 5.74. The number of carboxylic acids is 1. The second kappa shape index (κ2) is 11.2. The first-order chi connectivity index (χ1) is 8.16. The Morgan fingerprint density at radius 2 is 1.82 bits per heavy atom. The van der Waals surface area contributed by atoms with Gasteiger partial charge in [0.15, 0.2) is 0 Å². The van der Waals surface area contributed by atoms with E-state index in [2.05, 4.69) is 10.6 Å². The minimum atomic E-state index is -0.933. The number of amides is 2. The molecule has 0 fully saturated rings. The SMILES string of the molecule is COCCOCCCNC(=O)NCCC(=O)O. The molecular weight excluding hydrogens is 228 g/mol. The molecule has 0 aromatic carbocycles. The molecule has 17 heavy (non-hydrogen) atoms. The van der Waals surface area contributed by atoms with Gasteiger partial charge in [-0.1, -0.05) is 0 Å². The van der Waals surface area contributed by atoms with Crippen LogP contribution >= 0.6 is 0 Å². The molecule has 0 saturated heterocycles. The van der Waals surface area contributed by atoms with Gasteiger partial charge in [-0.05, 0) is 6.42 Å². The first kappa shape index (κ1) is 15.7. The van der Waals surface area contributed by atoms with Gasteiger partial charge in [0.2, 0.25) is 0 Å². The van der Waals surface area contributed by atoms with Crippen LogP contribution in [0.3, 0.4) is 0 Å². The van der Waals surface area contributed by atoms with Crippen molar-refractivity contribution < 1.29 is 24.2 Å². The number of hydrogen-bond donors (Lipinski definition) is 3. The zero-order valence-corrected chi connectivity index (χ0v) is 10.0. The van der Waals surface area contributed by atoms with Crippen molar-refractivity contribution >= 4 is 12.0 Å². The van der Waals surface area contributed by atoms with Crippen LogP contribution in [0.5, 0.6) is 0 Å². The molecular formula is C10H20N2O5. The van der Waals surface area contributed by atoms with E-state index in [0.29, 0.717) is 32.8 Å². The molecule has 0 atom stereocenters. The molecule has 0 rings (SSSR count). The average Bonchev–Trinajstić information content (AvgIpc) is 2.27. The molecule has 0 aliphatic rings. The molecule has 3 N–H and O–H groups in total. The summed E-state index contributed by atoms with van der Waals surface area (Å²) in [5, 5.41) is 13.4. The largest absolute Gasteiger partial charge is 0.481 e. The maximum atomic E-state index is 11.1. The zero-order valence-electron chi connectivity index (χ0n) is 10.0. The highest BCUT2D eigenvalue weighted by Crippen LogP contribution is 1.82. The van der Waals surface area contributed by atoms with Crippen LogP contribution in [0.25, 0.3) is 0 Å². The van der Waals surface area contributed by atoms with E-state index >= 15 is 0 Å². The van der Waals surface area contributed by atoms with E-state index in [1.54, 1.807) is 7.11 Å². The van der Waals surface area contributed by atoms with Gasteiger partial charge in [0.1, 0.15) is 0 Å². The van der Waals surface area contributed by atoms with Crippen LogP contribution in [-0.2, 0) is 14.3 Å². The zero-order chi connectivity index (χ0) is 12.9. The number of carboxylic acid groups (broad SMARTS) is 1. The van der Waals surface area contributed by atoms with Crippen LogP contribution in [0.4, 0.5) is 4.79 Å². The molecule has 0 spiro atoms. The van der Waals surface area contributed by atoms with E-state index in [-0.39, 0.29) is 19.0 Å². The molecule has 0 aliphatic carbocycles. The van der Waals surface area contributed by atoms with E-state index in [1.807, 2.05) is 0 Å². The van der Waals surface area contributed by atoms with Crippen molar-refractivity contribution in [2.24, 2.45) is 0 Å². The van der Waals surface area contributed by atoms with E-state index in [4.69, 9.17) is 14.6 Å². The van der Waals surface area contributed by atoms with Gasteiger partial charge in [-0.15, -0.1) is 0 Å². The van der Waals surface area contributed by atoms with Gasteiger partial charge in [-0.2, -0.15) is 0 Å². The van der Waals surface area contributed by atoms with Gasteiger partial charge >= 0.3 is 12.0 Å². The summed E-state index contributed by atoms with van der Waals surface area (Å²) in [6, 6.07) is -0.358. The minimum absolute atomic E-state index is 0.0758. The van der Waals surface area contributed by atoms with Crippen molar-refractivity contribution in [3.8, 4) is 0 Å². The number of carbonyl (C=O) groups is 2. The minimum Gasteiger partial charge on any atom is -0.481 e. The van der Waals surface area contributed by atoms with Crippen molar-refractivity contribution in [3.63, 3.8) is 0 Å². The first-order valence-electron chi connectivity index (χ1n) is 5.47. The standard InChI is InChI=1S/C10H20N2O5/c1-16-7-8-17-6-2-4-11-10(15)12-5-3-9(13)14/h2-8H2,1H3,(H,13,14)(H2,11,12,15). The molecule has 0 aromatic rings. The summed E-state index contributed by atoms with van der Waals surface area (Å²) in [6.45, 7) is 2.28. The van der Waals surface area contributed by atoms with E-state index in [9.17, 15) is 9.59 Å². The molecule has 0 aromatic heterocycles.